The molecule has 30 heavy (non-hydrogen) atoms. The molecule has 3 aromatic carbocycles. The molecule has 0 radical (unpaired) electrons. The predicted molar refractivity (Wildman–Crippen MR) is 125 cm³/mol. The summed E-state index contributed by atoms with van der Waals surface area (Å²) in [4.78, 5) is 12.7. The van der Waals surface area contributed by atoms with E-state index in [4.69, 9.17) is 9.47 Å². The van der Waals surface area contributed by atoms with Gasteiger partial charge in [-0.3, -0.25) is 4.79 Å². The summed E-state index contributed by atoms with van der Waals surface area (Å²) in [6, 6.07) is 23.0. The van der Waals surface area contributed by atoms with Gasteiger partial charge in [-0.25, -0.2) is 0 Å². The summed E-state index contributed by atoms with van der Waals surface area (Å²) in [6.45, 7) is 4.66. The first kappa shape index (κ1) is 21.9. The lowest BCUT2D eigenvalue weighted by molar-refractivity contribution is 0.102. The number of carbonyl (C=O) groups excluding carboxylic acids is 1. The fraction of sp³-hybridized carbons (Fsp3) is 0.240. The molecule has 0 aliphatic carbocycles. The van der Waals surface area contributed by atoms with E-state index < -0.39 is 0 Å². The second-order valence-electron chi connectivity index (χ2n) is 7.05. The van der Waals surface area contributed by atoms with E-state index in [1.165, 1.54) is 5.56 Å². The standard InChI is InChI=1S/C25H26BrNO3/c1-3-18(2)30-22-11-7-10-21(17-22)27-25(28)20-12-13-24(23(26)16-20)29-15-14-19-8-5-4-6-9-19/h4-13,16-18H,3,14-15H2,1-2H3,(H,27,28). The number of rotatable bonds is 9. The first-order chi connectivity index (χ1) is 14.5. The van der Waals surface area contributed by atoms with Gasteiger partial charge in [-0.2, -0.15) is 0 Å². The van der Waals surface area contributed by atoms with Crippen LogP contribution in [0.25, 0.3) is 0 Å². The molecule has 0 fully saturated rings. The highest BCUT2D eigenvalue weighted by atomic mass is 79.9. The lowest BCUT2D eigenvalue weighted by atomic mass is 10.1. The van der Waals surface area contributed by atoms with E-state index in [9.17, 15) is 4.79 Å². The number of hydrogen-bond donors (Lipinski definition) is 1. The van der Waals surface area contributed by atoms with E-state index in [-0.39, 0.29) is 12.0 Å². The summed E-state index contributed by atoms with van der Waals surface area (Å²) in [5, 5.41) is 2.92. The highest BCUT2D eigenvalue weighted by molar-refractivity contribution is 9.10. The second kappa shape index (κ2) is 10.8. The summed E-state index contributed by atoms with van der Waals surface area (Å²) >= 11 is 3.51. The van der Waals surface area contributed by atoms with Crippen molar-refractivity contribution in [2.75, 3.05) is 11.9 Å². The van der Waals surface area contributed by atoms with E-state index in [2.05, 4.69) is 40.3 Å². The molecular weight excluding hydrogens is 442 g/mol. The topological polar surface area (TPSA) is 47.6 Å². The molecule has 0 saturated carbocycles. The van der Waals surface area contributed by atoms with E-state index in [1.54, 1.807) is 12.1 Å². The van der Waals surface area contributed by atoms with Crippen molar-refractivity contribution in [2.24, 2.45) is 0 Å². The van der Waals surface area contributed by atoms with Crippen molar-refractivity contribution < 1.29 is 14.3 Å². The average molecular weight is 468 g/mol. The van der Waals surface area contributed by atoms with Crippen LogP contribution < -0.4 is 14.8 Å². The van der Waals surface area contributed by atoms with E-state index >= 15 is 0 Å². The maximum absolute atomic E-state index is 12.7. The van der Waals surface area contributed by atoms with Crippen LogP contribution in [0.1, 0.15) is 36.2 Å². The molecule has 5 heteroatoms. The third-order valence-corrected chi connectivity index (χ3v) is 5.31. The van der Waals surface area contributed by atoms with Crippen LogP contribution in [0.2, 0.25) is 0 Å². The number of benzene rings is 3. The summed E-state index contributed by atoms with van der Waals surface area (Å²) in [5.41, 5.74) is 2.47. The summed E-state index contributed by atoms with van der Waals surface area (Å²) < 4.78 is 12.4. The number of anilines is 1. The Kier molecular flexibility index (Phi) is 7.91. The molecule has 0 aromatic heterocycles. The third kappa shape index (κ3) is 6.36. The highest BCUT2D eigenvalue weighted by Gasteiger charge is 2.11. The summed E-state index contributed by atoms with van der Waals surface area (Å²) in [6.07, 6.45) is 1.87. The van der Waals surface area contributed by atoms with Gasteiger partial charge in [0.2, 0.25) is 0 Å². The largest absolute Gasteiger partial charge is 0.492 e. The zero-order chi connectivity index (χ0) is 21.3. The fourth-order valence-electron chi connectivity index (χ4n) is 2.85. The van der Waals surface area contributed by atoms with Crippen LogP contribution in [-0.2, 0) is 6.42 Å². The molecule has 0 saturated heterocycles. The smallest absolute Gasteiger partial charge is 0.255 e. The fourth-order valence-corrected chi connectivity index (χ4v) is 3.34. The Morgan fingerprint density at radius 1 is 1.03 bits per heavy atom. The van der Waals surface area contributed by atoms with Crippen molar-refractivity contribution in [3.63, 3.8) is 0 Å². The molecular formula is C25H26BrNO3. The van der Waals surface area contributed by atoms with Crippen molar-refractivity contribution in [2.45, 2.75) is 32.8 Å². The van der Waals surface area contributed by atoms with Gasteiger partial charge < -0.3 is 14.8 Å². The summed E-state index contributed by atoms with van der Waals surface area (Å²) in [7, 11) is 0. The molecule has 0 aliphatic rings. The van der Waals surface area contributed by atoms with Crippen molar-refractivity contribution >= 4 is 27.5 Å². The molecule has 1 amide bonds. The highest BCUT2D eigenvalue weighted by Crippen LogP contribution is 2.27. The van der Waals surface area contributed by atoms with Gasteiger partial charge >= 0.3 is 0 Å². The number of halogens is 1. The van der Waals surface area contributed by atoms with Crippen LogP contribution in [-0.4, -0.2) is 18.6 Å². The molecule has 3 aromatic rings. The SMILES string of the molecule is CCC(C)Oc1cccc(NC(=O)c2ccc(OCCc3ccccc3)c(Br)c2)c1. The van der Waals surface area contributed by atoms with Crippen LogP contribution in [0, 0.1) is 0 Å². The van der Waals surface area contributed by atoms with Crippen molar-refractivity contribution in [1.29, 1.82) is 0 Å². The number of carbonyl (C=O) groups is 1. The normalized spacial score (nSPS) is 11.6. The van der Waals surface area contributed by atoms with Gasteiger partial charge in [0, 0.05) is 23.7 Å². The van der Waals surface area contributed by atoms with Crippen LogP contribution in [0.15, 0.2) is 77.3 Å². The van der Waals surface area contributed by atoms with Crippen molar-refractivity contribution in [3.05, 3.63) is 88.4 Å². The van der Waals surface area contributed by atoms with Crippen LogP contribution in [0.3, 0.4) is 0 Å². The van der Waals surface area contributed by atoms with Gasteiger partial charge in [0.15, 0.2) is 0 Å². The Bertz CT molecular complexity index is 975. The maximum Gasteiger partial charge on any atom is 0.255 e. The number of ether oxygens (including phenoxy) is 2. The molecule has 4 nitrogen and oxygen atoms in total. The number of hydrogen-bond acceptors (Lipinski definition) is 3. The first-order valence-electron chi connectivity index (χ1n) is 10.1. The molecule has 0 spiro atoms. The molecule has 0 heterocycles. The molecule has 1 N–H and O–H groups in total. The molecule has 1 atom stereocenters. The van der Waals surface area contributed by atoms with E-state index in [0.717, 1.165) is 23.1 Å². The lowest BCUT2D eigenvalue weighted by Gasteiger charge is -2.14. The molecule has 3 rings (SSSR count). The van der Waals surface area contributed by atoms with Crippen LogP contribution >= 0.6 is 15.9 Å². The van der Waals surface area contributed by atoms with E-state index in [0.29, 0.717) is 23.6 Å². The number of amides is 1. The Morgan fingerprint density at radius 3 is 2.57 bits per heavy atom. The minimum Gasteiger partial charge on any atom is -0.492 e. The monoisotopic (exact) mass is 467 g/mol. The third-order valence-electron chi connectivity index (χ3n) is 4.69. The zero-order valence-electron chi connectivity index (χ0n) is 17.2. The van der Waals surface area contributed by atoms with Gasteiger partial charge in [-0.1, -0.05) is 43.3 Å². The van der Waals surface area contributed by atoms with Gasteiger partial charge in [0.25, 0.3) is 5.91 Å². The Morgan fingerprint density at radius 2 is 1.83 bits per heavy atom. The quantitative estimate of drug-likeness (QED) is 0.390. The minimum absolute atomic E-state index is 0.126. The lowest BCUT2D eigenvalue weighted by Crippen LogP contribution is -2.13. The van der Waals surface area contributed by atoms with Crippen LogP contribution in [0.4, 0.5) is 5.69 Å². The summed E-state index contributed by atoms with van der Waals surface area (Å²) in [5.74, 6) is 1.27. The molecule has 0 bridgehead atoms. The molecule has 1 unspecified atom stereocenters. The number of nitrogens with one attached hydrogen (secondary N) is 1. The molecule has 156 valence electrons. The molecule has 0 aliphatic heterocycles. The van der Waals surface area contributed by atoms with Crippen molar-refractivity contribution in [1.82, 2.24) is 0 Å². The second-order valence-corrected chi connectivity index (χ2v) is 7.90. The Labute approximate surface area is 186 Å². The maximum atomic E-state index is 12.7. The predicted octanol–water partition coefficient (Wildman–Crippen LogP) is 6.50. The first-order valence-corrected chi connectivity index (χ1v) is 10.9. The zero-order valence-corrected chi connectivity index (χ0v) is 18.8. The van der Waals surface area contributed by atoms with Crippen LogP contribution in [0.5, 0.6) is 11.5 Å². The minimum atomic E-state index is -0.188. The van der Waals surface area contributed by atoms with Gasteiger partial charge in [0.1, 0.15) is 11.5 Å². The average Bonchev–Trinajstić information content (AvgIpc) is 2.75. The van der Waals surface area contributed by atoms with Gasteiger partial charge in [0.05, 0.1) is 17.2 Å². The van der Waals surface area contributed by atoms with Gasteiger partial charge in [-0.05, 0) is 65.2 Å². The Hall–Kier alpha value is -2.79. The van der Waals surface area contributed by atoms with Crippen molar-refractivity contribution in [3.8, 4) is 11.5 Å². The van der Waals surface area contributed by atoms with Gasteiger partial charge in [-0.15, -0.1) is 0 Å². The Balaban J connectivity index is 1.59. The van der Waals surface area contributed by atoms with E-state index in [1.807, 2.05) is 55.5 Å².